The van der Waals surface area contributed by atoms with Crippen molar-refractivity contribution in [2.45, 2.75) is 31.2 Å². The van der Waals surface area contributed by atoms with Gasteiger partial charge in [-0.1, -0.05) is 40.2 Å². The predicted octanol–water partition coefficient (Wildman–Crippen LogP) is 3.65. The summed E-state index contributed by atoms with van der Waals surface area (Å²) in [5.74, 6) is -0.489. The third-order valence-corrected chi connectivity index (χ3v) is 5.94. The molecule has 0 aliphatic heterocycles. The Hall–Kier alpha value is -1.70. The Morgan fingerprint density at radius 3 is 2.40 bits per heavy atom. The maximum absolute atomic E-state index is 12.9. The van der Waals surface area contributed by atoms with Crippen LogP contribution in [0, 0.1) is 13.8 Å². The van der Waals surface area contributed by atoms with Crippen molar-refractivity contribution in [3.05, 3.63) is 63.6 Å². The summed E-state index contributed by atoms with van der Waals surface area (Å²) < 4.78 is 33.9. The molecule has 2 rings (SSSR count). The van der Waals surface area contributed by atoms with Crippen LogP contribution < -0.4 is 4.72 Å². The minimum atomic E-state index is -3.79. The molecule has 1 unspecified atom stereocenters. The first-order chi connectivity index (χ1) is 11.7. The van der Waals surface area contributed by atoms with E-state index in [-0.39, 0.29) is 11.3 Å². The van der Waals surface area contributed by atoms with Crippen molar-refractivity contribution in [1.29, 1.82) is 0 Å². The monoisotopic (exact) mass is 425 g/mol. The Labute approximate surface area is 156 Å². The third kappa shape index (κ3) is 5.14. The zero-order valence-electron chi connectivity index (χ0n) is 14.2. The van der Waals surface area contributed by atoms with Crippen molar-refractivity contribution in [3.8, 4) is 0 Å². The van der Waals surface area contributed by atoms with Gasteiger partial charge in [0, 0.05) is 4.47 Å². The van der Waals surface area contributed by atoms with Crippen LogP contribution in [0.1, 0.15) is 29.2 Å². The molecule has 0 spiro atoms. The van der Waals surface area contributed by atoms with Crippen LogP contribution >= 0.6 is 15.9 Å². The SMILES string of the molecule is COC(=O)CC(NS(=O)(=O)c1cc(C)ccc1C)c1ccc(Br)cc1. The van der Waals surface area contributed by atoms with Crippen LogP contribution in [0.3, 0.4) is 0 Å². The number of carbonyl (C=O) groups excluding carboxylic acids is 1. The zero-order chi connectivity index (χ0) is 18.6. The maximum Gasteiger partial charge on any atom is 0.307 e. The molecule has 0 aliphatic carbocycles. The van der Waals surface area contributed by atoms with Gasteiger partial charge in [-0.05, 0) is 48.7 Å². The van der Waals surface area contributed by atoms with Crippen LogP contribution in [-0.4, -0.2) is 21.5 Å². The number of hydrogen-bond donors (Lipinski definition) is 1. The first-order valence-electron chi connectivity index (χ1n) is 7.65. The van der Waals surface area contributed by atoms with Crippen LogP contribution in [0.15, 0.2) is 51.8 Å². The Bertz CT molecular complexity index is 863. The van der Waals surface area contributed by atoms with Gasteiger partial charge in [0.1, 0.15) is 0 Å². The number of methoxy groups -OCH3 is 1. The van der Waals surface area contributed by atoms with Crippen molar-refractivity contribution >= 4 is 31.9 Å². The van der Waals surface area contributed by atoms with Crippen LogP contribution in [0.5, 0.6) is 0 Å². The summed E-state index contributed by atoms with van der Waals surface area (Å²) >= 11 is 3.34. The number of esters is 1. The average molecular weight is 426 g/mol. The average Bonchev–Trinajstić information content (AvgIpc) is 2.56. The molecule has 0 saturated carbocycles. The van der Waals surface area contributed by atoms with Gasteiger partial charge in [0.25, 0.3) is 0 Å². The quantitative estimate of drug-likeness (QED) is 0.716. The number of sulfonamides is 1. The minimum absolute atomic E-state index is 0.0950. The van der Waals surface area contributed by atoms with Gasteiger partial charge >= 0.3 is 5.97 Å². The second-order valence-corrected chi connectivity index (χ2v) is 8.37. The van der Waals surface area contributed by atoms with Gasteiger partial charge in [-0.2, -0.15) is 0 Å². The van der Waals surface area contributed by atoms with E-state index in [1.54, 1.807) is 43.3 Å². The molecule has 0 aromatic heterocycles. The summed E-state index contributed by atoms with van der Waals surface area (Å²) in [5, 5.41) is 0. The number of rotatable bonds is 6. The fourth-order valence-corrected chi connectivity index (χ4v) is 4.24. The highest BCUT2D eigenvalue weighted by Gasteiger charge is 2.25. The number of halogens is 1. The summed E-state index contributed by atoms with van der Waals surface area (Å²) in [4.78, 5) is 11.9. The Kier molecular flexibility index (Phi) is 6.37. The fourth-order valence-electron chi connectivity index (χ4n) is 2.42. The van der Waals surface area contributed by atoms with Crippen molar-refractivity contribution < 1.29 is 17.9 Å². The Morgan fingerprint density at radius 1 is 1.16 bits per heavy atom. The van der Waals surface area contributed by atoms with Crippen molar-refractivity contribution in [2.24, 2.45) is 0 Å². The number of nitrogens with one attached hydrogen (secondary N) is 1. The summed E-state index contributed by atoms with van der Waals surface area (Å²) in [6.07, 6.45) is -0.0950. The highest BCUT2D eigenvalue weighted by Crippen LogP contribution is 2.24. The lowest BCUT2D eigenvalue weighted by atomic mass is 10.1. The van der Waals surface area contributed by atoms with Gasteiger partial charge in [-0.25, -0.2) is 13.1 Å². The van der Waals surface area contributed by atoms with E-state index in [4.69, 9.17) is 4.74 Å². The Morgan fingerprint density at radius 2 is 1.80 bits per heavy atom. The third-order valence-electron chi connectivity index (χ3n) is 3.80. The highest BCUT2D eigenvalue weighted by atomic mass is 79.9. The molecule has 134 valence electrons. The molecule has 0 amide bonds. The molecule has 5 nitrogen and oxygen atoms in total. The van der Waals surface area contributed by atoms with Crippen molar-refractivity contribution in [3.63, 3.8) is 0 Å². The van der Waals surface area contributed by atoms with Crippen LogP contribution in [-0.2, 0) is 19.6 Å². The van der Waals surface area contributed by atoms with Crippen molar-refractivity contribution in [2.75, 3.05) is 7.11 Å². The molecule has 0 fully saturated rings. The van der Waals surface area contributed by atoms with E-state index in [9.17, 15) is 13.2 Å². The lowest BCUT2D eigenvalue weighted by Gasteiger charge is -2.19. The molecule has 2 aromatic rings. The summed E-state index contributed by atoms with van der Waals surface area (Å²) in [5.41, 5.74) is 2.17. The second-order valence-electron chi connectivity index (χ2n) is 5.77. The number of ether oxygens (including phenoxy) is 1. The molecule has 7 heteroatoms. The van der Waals surface area contributed by atoms with Gasteiger partial charge in [-0.15, -0.1) is 0 Å². The molecular weight excluding hydrogens is 406 g/mol. The van der Waals surface area contributed by atoms with E-state index in [1.807, 2.05) is 13.0 Å². The van der Waals surface area contributed by atoms with E-state index in [2.05, 4.69) is 20.7 Å². The highest BCUT2D eigenvalue weighted by molar-refractivity contribution is 9.10. The molecule has 0 bridgehead atoms. The van der Waals surface area contributed by atoms with Gasteiger partial charge in [-0.3, -0.25) is 4.79 Å². The molecule has 0 heterocycles. The largest absolute Gasteiger partial charge is 0.469 e. The van der Waals surface area contributed by atoms with E-state index in [0.29, 0.717) is 11.1 Å². The number of hydrogen-bond acceptors (Lipinski definition) is 4. The fraction of sp³-hybridized carbons (Fsp3) is 0.278. The molecule has 0 saturated heterocycles. The smallest absolute Gasteiger partial charge is 0.307 e. The van der Waals surface area contributed by atoms with E-state index in [0.717, 1.165) is 10.0 Å². The molecule has 0 aliphatic rings. The van der Waals surface area contributed by atoms with E-state index in [1.165, 1.54) is 7.11 Å². The first kappa shape index (κ1) is 19.6. The van der Waals surface area contributed by atoms with Crippen LogP contribution in [0.4, 0.5) is 0 Å². The normalized spacial score (nSPS) is 12.6. The molecular formula is C18H20BrNO4S. The predicted molar refractivity (Wildman–Crippen MR) is 99.8 cm³/mol. The molecule has 2 aromatic carbocycles. The topological polar surface area (TPSA) is 72.5 Å². The lowest BCUT2D eigenvalue weighted by molar-refractivity contribution is -0.141. The van der Waals surface area contributed by atoms with Crippen molar-refractivity contribution in [1.82, 2.24) is 4.72 Å². The number of carbonyl (C=O) groups is 1. The molecule has 1 atom stereocenters. The molecule has 25 heavy (non-hydrogen) atoms. The lowest BCUT2D eigenvalue weighted by Crippen LogP contribution is -2.31. The van der Waals surface area contributed by atoms with Crippen LogP contribution in [0.25, 0.3) is 0 Å². The minimum Gasteiger partial charge on any atom is -0.469 e. The molecule has 1 N–H and O–H groups in total. The van der Waals surface area contributed by atoms with Gasteiger partial charge in [0.15, 0.2) is 0 Å². The number of aryl methyl sites for hydroxylation is 2. The van der Waals surface area contributed by atoms with Gasteiger partial charge in [0.2, 0.25) is 10.0 Å². The number of benzene rings is 2. The van der Waals surface area contributed by atoms with E-state index >= 15 is 0 Å². The van der Waals surface area contributed by atoms with E-state index < -0.39 is 22.0 Å². The second kappa shape index (κ2) is 8.12. The standard InChI is InChI=1S/C18H20BrNO4S/c1-12-4-5-13(2)17(10-12)25(22,23)20-16(11-18(21)24-3)14-6-8-15(19)9-7-14/h4-10,16,20H,11H2,1-3H3. The first-order valence-corrected chi connectivity index (χ1v) is 9.92. The summed E-state index contributed by atoms with van der Waals surface area (Å²) in [7, 11) is -2.52. The van der Waals surface area contributed by atoms with Gasteiger partial charge in [0.05, 0.1) is 24.5 Å². The summed E-state index contributed by atoms with van der Waals surface area (Å²) in [6.45, 7) is 3.57. The summed E-state index contributed by atoms with van der Waals surface area (Å²) in [6, 6.07) is 11.7. The Balaban J connectivity index is 2.39. The maximum atomic E-state index is 12.9. The molecule has 0 radical (unpaired) electrons. The van der Waals surface area contributed by atoms with Crippen LogP contribution in [0.2, 0.25) is 0 Å². The zero-order valence-corrected chi connectivity index (χ0v) is 16.6. The van der Waals surface area contributed by atoms with Gasteiger partial charge < -0.3 is 4.74 Å².